The Morgan fingerprint density at radius 3 is 2.20 bits per heavy atom. The Kier molecular flexibility index (Phi) is 9.81. The first-order valence-corrected chi connectivity index (χ1v) is 14.5. The minimum Gasteiger partial charge on any atom is -0.354 e. The molecule has 1 amide bonds. The molecule has 0 bridgehead atoms. The lowest BCUT2D eigenvalue weighted by Gasteiger charge is -2.26. The van der Waals surface area contributed by atoms with E-state index in [9.17, 15) is 13.2 Å². The number of amides is 1. The van der Waals surface area contributed by atoms with E-state index in [1.807, 2.05) is 37.7 Å². The van der Waals surface area contributed by atoms with Gasteiger partial charge in [0.05, 0.1) is 10.6 Å². The number of hydrogen-bond donors (Lipinski definition) is 1. The van der Waals surface area contributed by atoms with Gasteiger partial charge in [-0.3, -0.25) is 9.10 Å². The van der Waals surface area contributed by atoms with Crippen LogP contribution >= 0.6 is 11.8 Å². The maximum atomic E-state index is 13.6. The highest BCUT2D eigenvalue weighted by molar-refractivity contribution is 7.98. The minimum atomic E-state index is -3.90. The molecular formula is C28H34N2O3S2. The van der Waals surface area contributed by atoms with Gasteiger partial charge in [-0.2, -0.15) is 11.8 Å². The van der Waals surface area contributed by atoms with Gasteiger partial charge in [0, 0.05) is 12.3 Å². The molecule has 0 aliphatic heterocycles. The summed E-state index contributed by atoms with van der Waals surface area (Å²) in [4.78, 5) is 13.0. The van der Waals surface area contributed by atoms with E-state index in [2.05, 4.69) is 36.5 Å². The van der Waals surface area contributed by atoms with Crippen LogP contribution < -0.4 is 9.62 Å². The molecule has 3 aromatic rings. The fourth-order valence-corrected chi connectivity index (χ4v) is 6.03. The van der Waals surface area contributed by atoms with Gasteiger partial charge < -0.3 is 5.32 Å². The number of aryl methyl sites for hydroxylation is 3. The van der Waals surface area contributed by atoms with Crippen LogP contribution in [0.3, 0.4) is 0 Å². The van der Waals surface area contributed by atoms with Gasteiger partial charge in [0.2, 0.25) is 5.91 Å². The van der Waals surface area contributed by atoms with Gasteiger partial charge in [0.25, 0.3) is 10.0 Å². The molecular weight excluding hydrogens is 476 g/mol. The molecule has 5 nitrogen and oxygen atoms in total. The number of thioether (sulfide) groups is 1. The first-order chi connectivity index (χ1) is 16.8. The van der Waals surface area contributed by atoms with Crippen molar-refractivity contribution in [2.75, 3.05) is 23.1 Å². The van der Waals surface area contributed by atoms with Crippen molar-refractivity contribution < 1.29 is 13.2 Å². The standard InChI is InChI=1S/C28H34N2O3S2/c1-4-25-8-5-6-9-27(25)30(35(32,33)26-16-12-23(3)13-17-26)20-28(31)29-18-7-19-34-21-24-14-10-22(2)11-15-24/h5-6,8-17H,4,7,18-21H2,1-3H3,(H,29,31). The van der Waals surface area contributed by atoms with Crippen LogP contribution in [0.25, 0.3) is 0 Å². The Hall–Kier alpha value is -2.77. The summed E-state index contributed by atoms with van der Waals surface area (Å²) in [5.74, 6) is 1.54. The van der Waals surface area contributed by atoms with Gasteiger partial charge in [0.1, 0.15) is 6.54 Å². The topological polar surface area (TPSA) is 66.5 Å². The second-order valence-electron chi connectivity index (χ2n) is 8.55. The van der Waals surface area contributed by atoms with Gasteiger partial charge in [-0.05, 0) is 61.8 Å². The molecule has 0 atom stereocenters. The molecule has 0 aromatic heterocycles. The predicted octanol–water partition coefficient (Wildman–Crippen LogP) is 5.50. The minimum absolute atomic E-state index is 0.175. The van der Waals surface area contributed by atoms with Crippen LogP contribution in [0.15, 0.2) is 77.7 Å². The highest BCUT2D eigenvalue weighted by Crippen LogP contribution is 2.27. The Labute approximate surface area is 214 Å². The molecule has 3 aromatic carbocycles. The average Bonchev–Trinajstić information content (AvgIpc) is 2.86. The number of sulfonamides is 1. The Morgan fingerprint density at radius 2 is 1.54 bits per heavy atom. The lowest BCUT2D eigenvalue weighted by Crippen LogP contribution is -2.41. The van der Waals surface area contributed by atoms with Crippen molar-refractivity contribution in [2.45, 2.75) is 44.3 Å². The second-order valence-corrected chi connectivity index (χ2v) is 11.5. The molecule has 0 fully saturated rings. The fraction of sp³-hybridized carbons (Fsp3) is 0.321. The van der Waals surface area contributed by atoms with Crippen LogP contribution in [0.5, 0.6) is 0 Å². The molecule has 1 N–H and O–H groups in total. The van der Waals surface area contributed by atoms with Crippen molar-refractivity contribution >= 4 is 33.4 Å². The zero-order valence-electron chi connectivity index (χ0n) is 20.7. The monoisotopic (exact) mass is 510 g/mol. The van der Waals surface area contributed by atoms with Crippen molar-refractivity contribution in [2.24, 2.45) is 0 Å². The molecule has 0 unspecified atom stereocenters. The van der Waals surface area contributed by atoms with Crippen molar-refractivity contribution in [3.05, 3.63) is 95.1 Å². The maximum Gasteiger partial charge on any atom is 0.264 e. The van der Waals surface area contributed by atoms with Crippen molar-refractivity contribution in [1.29, 1.82) is 0 Å². The highest BCUT2D eigenvalue weighted by Gasteiger charge is 2.28. The van der Waals surface area contributed by atoms with Gasteiger partial charge in [-0.15, -0.1) is 0 Å². The van der Waals surface area contributed by atoms with Crippen LogP contribution in [-0.2, 0) is 27.0 Å². The molecule has 0 spiro atoms. The largest absolute Gasteiger partial charge is 0.354 e. The summed E-state index contributed by atoms with van der Waals surface area (Å²) < 4.78 is 28.4. The number of hydrogen-bond acceptors (Lipinski definition) is 4. The van der Waals surface area contributed by atoms with Crippen LogP contribution in [0, 0.1) is 13.8 Å². The first kappa shape index (κ1) is 26.8. The fourth-order valence-electron chi connectivity index (χ4n) is 3.65. The SMILES string of the molecule is CCc1ccccc1N(CC(=O)NCCCSCc1ccc(C)cc1)S(=O)(=O)c1ccc(C)cc1. The third kappa shape index (κ3) is 7.61. The number of nitrogens with one attached hydrogen (secondary N) is 1. The molecule has 186 valence electrons. The van der Waals surface area contributed by atoms with Gasteiger partial charge in [-0.25, -0.2) is 8.42 Å². The molecule has 0 aliphatic rings. The van der Waals surface area contributed by atoms with E-state index in [-0.39, 0.29) is 17.3 Å². The number of anilines is 1. The molecule has 7 heteroatoms. The van der Waals surface area contributed by atoms with Gasteiger partial charge in [-0.1, -0.05) is 72.6 Å². The van der Waals surface area contributed by atoms with E-state index < -0.39 is 10.0 Å². The van der Waals surface area contributed by atoms with E-state index in [0.29, 0.717) is 18.7 Å². The molecule has 0 saturated heterocycles. The smallest absolute Gasteiger partial charge is 0.264 e. The van der Waals surface area contributed by atoms with Crippen LogP contribution in [0.2, 0.25) is 0 Å². The summed E-state index contributed by atoms with van der Waals surface area (Å²) in [6.45, 7) is 6.21. The summed E-state index contributed by atoms with van der Waals surface area (Å²) in [7, 11) is -3.90. The van der Waals surface area contributed by atoms with Gasteiger partial charge >= 0.3 is 0 Å². The van der Waals surface area contributed by atoms with E-state index in [0.717, 1.165) is 29.1 Å². The Bertz CT molecular complexity index is 1210. The molecule has 0 saturated carbocycles. The normalized spacial score (nSPS) is 11.3. The summed E-state index contributed by atoms with van der Waals surface area (Å²) in [5.41, 5.74) is 4.93. The average molecular weight is 511 g/mol. The summed E-state index contributed by atoms with van der Waals surface area (Å²) in [6.07, 6.45) is 1.48. The lowest BCUT2D eigenvalue weighted by atomic mass is 10.1. The molecule has 35 heavy (non-hydrogen) atoms. The van der Waals surface area contributed by atoms with Crippen molar-refractivity contribution in [3.8, 4) is 0 Å². The number of benzene rings is 3. The highest BCUT2D eigenvalue weighted by atomic mass is 32.2. The first-order valence-electron chi connectivity index (χ1n) is 11.9. The van der Waals surface area contributed by atoms with Crippen LogP contribution in [0.1, 0.15) is 35.6 Å². The van der Waals surface area contributed by atoms with Crippen LogP contribution in [0.4, 0.5) is 5.69 Å². The maximum absolute atomic E-state index is 13.6. The quantitative estimate of drug-likeness (QED) is 0.327. The number of para-hydroxylation sites is 1. The Morgan fingerprint density at radius 1 is 0.914 bits per heavy atom. The molecule has 0 radical (unpaired) electrons. The lowest BCUT2D eigenvalue weighted by molar-refractivity contribution is -0.119. The second kappa shape index (κ2) is 12.8. The molecule has 0 heterocycles. The Balaban J connectivity index is 1.62. The molecule has 0 aliphatic carbocycles. The summed E-state index contributed by atoms with van der Waals surface area (Å²) >= 11 is 1.82. The van der Waals surface area contributed by atoms with E-state index >= 15 is 0 Å². The third-order valence-electron chi connectivity index (χ3n) is 5.71. The van der Waals surface area contributed by atoms with Crippen molar-refractivity contribution in [3.63, 3.8) is 0 Å². The van der Waals surface area contributed by atoms with Gasteiger partial charge in [0.15, 0.2) is 0 Å². The van der Waals surface area contributed by atoms with E-state index in [4.69, 9.17) is 0 Å². The zero-order valence-corrected chi connectivity index (χ0v) is 22.3. The van der Waals surface area contributed by atoms with Crippen LogP contribution in [-0.4, -0.2) is 33.2 Å². The number of rotatable bonds is 12. The van der Waals surface area contributed by atoms with E-state index in [1.165, 1.54) is 15.4 Å². The number of carbonyl (C=O) groups is 1. The summed E-state index contributed by atoms with van der Waals surface area (Å²) in [6, 6.07) is 22.6. The van der Waals surface area contributed by atoms with Crippen molar-refractivity contribution in [1.82, 2.24) is 5.32 Å². The molecule has 3 rings (SSSR count). The predicted molar refractivity (Wildman–Crippen MR) is 146 cm³/mol. The third-order valence-corrected chi connectivity index (χ3v) is 8.60. The summed E-state index contributed by atoms with van der Waals surface area (Å²) in [5, 5.41) is 2.90. The van der Waals surface area contributed by atoms with E-state index in [1.54, 1.807) is 36.4 Å². The number of nitrogens with zero attached hydrogens (tertiary/aromatic N) is 1. The number of carbonyl (C=O) groups excluding carboxylic acids is 1. The zero-order chi connectivity index (χ0) is 25.3.